The number of aromatic nitrogens is 2. The van der Waals surface area contributed by atoms with E-state index in [-0.39, 0.29) is 0 Å². The Kier molecular flexibility index (Phi) is 2.68. The molecule has 2 aromatic carbocycles. The molecule has 0 unspecified atom stereocenters. The lowest BCUT2D eigenvalue weighted by atomic mass is 10.2. The lowest BCUT2D eigenvalue weighted by molar-refractivity contribution is 0.825. The quantitative estimate of drug-likeness (QED) is 0.716. The maximum absolute atomic E-state index is 5.91. The maximum Gasteiger partial charge on any atom is 0.0961 e. The SMILES string of the molecule is Nc1cc(Cn2cnc3ccccc32)ccc1Cl. The topological polar surface area (TPSA) is 43.8 Å². The van der Waals surface area contributed by atoms with Crippen molar-refractivity contribution in [2.75, 3.05) is 5.73 Å². The van der Waals surface area contributed by atoms with Gasteiger partial charge in [0.2, 0.25) is 0 Å². The number of halogens is 1. The van der Waals surface area contributed by atoms with E-state index in [0.29, 0.717) is 10.7 Å². The predicted molar refractivity (Wildman–Crippen MR) is 74.7 cm³/mol. The first-order valence-corrected chi connectivity index (χ1v) is 6.05. The largest absolute Gasteiger partial charge is 0.398 e. The van der Waals surface area contributed by atoms with Crippen LogP contribution in [0.15, 0.2) is 48.8 Å². The molecule has 0 spiro atoms. The third-order valence-corrected chi connectivity index (χ3v) is 3.28. The van der Waals surface area contributed by atoms with E-state index >= 15 is 0 Å². The molecule has 0 atom stereocenters. The van der Waals surface area contributed by atoms with Crippen molar-refractivity contribution in [1.82, 2.24) is 9.55 Å². The van der Waals surface area contributed by atoms with Crippen molar-refractivity contribution in [1.29, 1.82) is 0 Å². The van der Waals surface area contributed by atoms with Gasteiger partial charge in [0.1, 0.15) is 0 Å². The molecule has 90 valence electrons. The summed E-state index contributed by atoms with van der Waals surface area (Å²) in [6.45, 7) is 0.738. The van der Waals surface area contributed by atoms with Crippen molar-refractivity contribution in [2.45, 2.75) is 6.54 Å². The molecule has 3 rings (SSSR count). The average molecular weight is 258 g/mol. The zero-order valence-electron chi connectivity index (χ0n) is 9.68. The molecule has 0 fully saturated rings. The van der Waals surface area contributed by atoms with Crippen LogP contribution in [-0.2, 0) is 6.54 Å². The first-order valence-electron chi connectivity index (χ1n) is 5.68. The number of nitrogen functional groups attached to an aromatic ring is 1. The molecule has 3 aromatic rings. The van der Waals surface area contributed by atoms with Gasteiger partial charge in [0.25, 0.3) is 0 Å². The molecule has 4 heteroatoms. The molecule has 0 radical (unpaired) electrons. The Bertz CT molecular complexity index is 703. The summed E-state index contributed by atoms with van der Waals surface area (Å²) >= 11 is 5.91. The van der Waals surface area contributed by atoms with E-state index in [0.717, 1.165) is 23.1 Å². The van der Waals surface area contributed by atoms with Gasteiger partial charge in [-0.2, -0.15) is 0 Å². The number of nitrogens with two attached hydrogens (primary N) is 1. The maximum atomic E-state index is 5.91. The standard InChI is InChI=1S/C14H12ClN3/c15-11-6-5-10(7-12(11)16)8-18-9-17-13-3-1-2-4-14(13)18/h1-7,9H,8,16H2. The van der Waals surface area contributed by atoms with Crippen LogP contribution in [0.25, 0.3) is 11.0 Å². The number of para-hydroxylation sites is 2. The Hall–Kier alpha value is -2.00. The number of hydrogen-bond acceptors (Lipinski definition) is 2. The lowest BCUT2D eigenvalue weighted by Crippen LogP contribution is -1.99. The Labute approximate surface area is 110 Å². The normalized spacial score (nSPS) is 10.9. The van der Waals surface area contributed by atoms with E-state index in [1.165, 1.54) is 0 Å². The predicted octanol–water partition coefficient (Wildman–Crippen LogP) is 3.32. The molecule has 0 saturated carbocycles. The summed E-state index contributed by atoms with van der Waals surface area (Å²) in [5.74, 6) is 0. The first kappa shape index (κ1) is 11.1. The van der Waals surface area contributed by atoms with E-state index in [9.17, 15) is 0 Å². The summed E-state index contributed by atoms with van der Waals surface area (Å²) < 4.78 is 2.10. The molecule has 2 N–H and O–H groups in total. The van der Waals surface area contributed by atoms with Gasteiger partial charge in [0, 0.05) is 6.54 Å². The van der Waals surface area contributed by atoms with Crippen LogP contribution in [0.2, 0.25) is 5.02 Å². The molecule has 0 saturated heterocycles. The van der Waals surface area contributed by atoms with Crippen molar-refractivity contribution in [3.8, 4) is 0 Å². The van der Waals surface area contributed by atoms with Crippen LogP contribution in [0.3, 0.4) is 0 Å². The van der Waals surface area contributed by atoms with Gasteiger partial charge in [0.15, 0.2) is 0 Å². The molecule has 0 bridgehead atoms. The van der Waals surface area contributed by atoms with Crippen LogP contribution in [0.5, 0.6) is 0 Å². The van der Waals surface area contributed by atoms with Gasteiger partial charge in [-0.05, 0) is 29.8 Å². The molecule has 18 heavy (non-hydrogen) atoms. The van der Waals surface area contributed by atoms with Crippen LogP contribution in [-0.4, -0.2) is 9.55 Å². The van der Waals surface area contributed by atoms with E-state index in [1.54, 1.807) is 0 Å². The van der Waals surface area contributed by atoms with Crippen LogP contribution in [0.4, 0.5) is 5.69 Å². The van der Waals surface area contributed by atoms with Gasteiger partial charge in [-0.1, -0.05) is 29.8 Å². The third kappa shape index (κ3) is 1.93. The monoisotopic (exact) mass is 257 g/mol. The minimum Gasteiger partial charge on any atom is -0.398 e. The Morgan fingerprint density at radius 2 is 2.00 bits per heavy atom. The molecule has 1 heterocycles. The highest BCUT2D eigenvalue weighted by Gasteiger charge is 2.03. The van der Waals surface area contributed by atoms with Gasteiger partial charge in [-0.25, -0.2) is 4.98 Å². The highest BCUT2D eigenvalue weighted by atomic mass is 35.5. The summed E-state index contributed by atoms with van der Waals surface area (Å²) in [6, 6.07) is 13.8. The fourth-order valence-electron chi connectivity index (χ4n) is 2.02. The number of rotatable bonds is 2. The zero-order valence-corrected chi connectivity index (χ0v) is 10.4. The summed E-state index contributed by atoms with van der Waals surface area (Å²) in [7, 11) is 0. The molecule has 3 nitrogen and oxygen atoms in total. The first-order chi connectivity index (χ1) is 8.74. The second-order valence-corrected chi connectivity index (χ2v) is 4.62. The Balaban J connectivity index is 1.98. The second-order valence-electron chi connectivity index (χ2n) is 4.22. The second kappa shape index (κ2) is 4.35. The highest BCUT2D eigenvalue weighted by molar-refractivity contribution is 6.33. The fraction of sp³-hybridized carbons (Fsp3) is 0.0714. The summed E-state index contributed by atoms with van der Waals surface area (Å²) in [6.07, 6.45) is 1.84. The summed E-state index contributed by atoms with van der Waals surface area (Å²) in [4.78, 5) is 4.36. The van der Waals surface area contributed by atoms with Crippen LogP contribution >= 0.6 is 11.6 Å². The minimum absolute atomic E-state index is 0.592. The average Bonchev–Trinajstić information content (AvgIpc) is 2.78. The molecular formula is C14H12ClN3. The van der Waals surface area contributed by atoms with Crippen LogP contribution in [0, 0.1) is 0 Å². The Morgan fingerprint density at radius 1 is 1.17 bits per heavy atom. The molecule has 0 aliphatic carbocycles. The van der Waals surface area contributed by atoms with Gasteiger partial charge >= 0.3 is 0 Å². The molecule has 0 aliphatic heterocycles. The molecule has 0 amide bonds. The molecular weight excluding hydrogens is 246 g/mol. The number of hydrogen-bond donors (Lipinski definition) is 1. The van der Waals surface area contributed by atoms with Crippen molar-refractivity contribution in [3.63, 3.8) is 0 Å². The summed E-state index contributed by atoms with van der Waals surface area (Å²) in [5.41, 5.74) is 9.64. The zero-order chi connectivity index (χ0) is 12.5. The van der Waals surface area contributed by atoms with Gasteiger partial charge in [-0.3, -0.25) is 0 Å². The third-order valence-electron chi connectivity index (χ3n) is 2.94. The number of imidazole rings is 1. The molecule has 1 aromatic heterocycles. The van der Waals surface area contributed by atoms with Crippen molar-refractivity contribution in [3.05, 3.63) is 59.4 Å². The van der Waals surface area contributed by atoms with Crippen molar-refractivity contribution >= 4 is 28.3 Å². The number of fused-ring (bicyclic) bond motifs is 1. The number of benzene rings is 2. The van der Waals surface area contributed by atoms with Gasteiger partial charge in [0.05, 0.1) is 28.1 Å². The van der Waals surface area contributed by atoms with Crippen molar-refractivity contribution in [2.24, 2.45) is 0 Å². The smallest absolute Gasteiger partial charge is 0.0961 e. The van der Waals surface area contributed by atoms with Crippen LogP contribution in [0.1, 0.15) is 5.56 Å². The van der Waals surface area contributed by atoms with Gasteiger partial charge in [-0.15, -0.1) is 0 Å². The highest BCUT2D eigenvalue weighted by Crippen LogP contribution is 2.21. The van der Waals surface area contributed by atoms with E-state index < -0.39 is 0 Å². The molecule has 0 aliphatic rings. The Morgan fingerprint density at radius 3 is 2.83 bits per heavy atom. The van der Waals surface area contributed by atoms with E-state index in [4.69, 9.17) is 17.3 Å². The van der Waals surface area contributed by atoms with Crippen molar-refractivity contribution < 1.29 is 0 Å². The summed E-state index contributed by atoms with van der Waals surface area (Å²) in [5, 5.41) is 0.592. The van der Waals surface area contributed by atoms with Crippen LogP contribution < -0.4 is 5.73 Å². The number of anilines is 1. The van der Waals surface area contributed by atoms with E-state index in [1.807, 2.05) is 42.7 Å². The van der Waals surface area contributed by atoms with Gasteiger partial charge < -0.3 is 10.3 Å². The lowest BCUT2D eigenvalue weighted by Gasteiger charge is -2.06. The minimum atomic E-state index is 0.592. The number of nitrogens with zero attached hydrogens (tertiary/aromatic N) is 2. The fourth-order valence-corrected chi connectivity index (χ4v) is 2.14. The van der Waals surface area contributed by atoms with E-state index in [2.05, 4.69) is 15.6 Å².